The second kappa shape index (κ2) is 7.47. The summed E-state index contributed by atoms with van der Waals surface area (Å²) in [6, 6.07) is 17.8. The third kappa shape index (κ3) is 3.58. The molecule has 140 valence electrons. The lowest BCUT2D eigenvalue weighted by Crippen LogP contribution is -2.28. The average molecular weight is 481 g/mol. The first kappa shape index (κ1) is 18.8. The molecule has 4 rings (SSSR count). The summed E-state index contributed by atoms with van der Waals surface area (Å²) in [6.45, 7) is 4.51. The van der Waals surface area contributed by atoms with Crippen LogP contribution in [0.25, 0.3) is 0 Å². The molecule has 0 saturated heterocycles. The quantitative estimate of drug-likeness (QED) is 0.567. The number of hydrogen-bond donors (Lipinski definition) is 0. The number of rotatable bonds is 2. The molecule has 2 aromatic carbocycles. The number of nitrogens with zero attached hydrogens (tertiary/aromatic N) is 3. The molecule has 0 aromatic heterocycles. The van der Waals surface area contributed by atoms with E-state index in [1.54, 1.807) is 0 Å². The topological polar surface area (TPSA) is 45.0 Å². The number of aliphatic imine (C=N–C) groups is 2. The van der Waals surface area contributed by atoms with E-state index in [0.717, 1.165) is 26.1 Å². The Morgan fingerprint density at radius 2 is 1.79 bits per heavy atom. The van der Waals surface area contributed by atoms with Gasteiger partial charge in [0.15, 0.2) is 5.84 Å². The minimum Gasteiger partial charge on any atom is -0.327 e. The molecule has 28 heavy (non-hydrogen) atoms. The predicted molar refractivity (Wildman–Crippen MR) is 122 cm³/mol. The van der Waals surface area contributed by atoms with E-state index >= 15 is 0 Å². The molecule has 0 N–H and O–H groups in total. The van der Waals surface area contributed by atoms with Gasteiger partial charge < -0.3 is 4.90 Å². The van der Waals surface area contributed by atoms with E-state index in [2.05, 4.69) is 44.7 Å². The SMILES string of the molecule is CC(C)(C(=O)N=C1N=C2C=CC(I)=CN2Cc2ccccc21)c1ccccc1. The fourth-order valence-electron chi connectivity index (χ4n) is 3.26. The number of halogens is 1. The van der Waals surface area contributed by atoms with Crippen molar-refractivity contribution in [1.29, 1.82) is 0 Å². The number of amides is 1. The predicted octanol–water partition coefficient (Wildman–Crippen LogP) is 5.00. The molecule has 0 bridgehead atoms. The third-order valence-electron chi connectivity index (χ3n) is 5.02. The monoisotopic (exact) mass is 481 g/mol. The van der Waals surface area contributed by atoms with E-state index in [4.69, 9.17) is 4.99 Å². The largest absolute Gasteiger partial charge is 0.327 e. The Bertz CT molecular complexity index is 1050. The highest BCUT2D eigenvalue weighted by Gasteiger charge is 2.31. The standard InChI is InChI=1S/C23H20IN3O/c1-23(2,17-9-4-3-5-10-17)22(28)26-21-19-11-7-6-8-16(19)14-27-15-18(24)12-13-20(27)25-21/h3-13,15H,14H2,1-2H3. The molecule has 4 nitrogen and oxygen atoms in total. The zero-order chi connectivity index (χ0) is 19.7. The van der Waals surface area contributed by atoms with Gasteiger partial charge in [0, 0.05) is 21.9 Å². The van der Waals surface area contributed by atoms with E-state index in [0.29, 0.717) is 12.4 Å². The van der Waals surface area contributed by atoms with Gasteiger partial charge in [-0.2, -0.15) is 4.99 Å². The van der Waals surface area contributed by atoms with Gasteiger partial charge in [0.25, 0.3) is 5.91 Å². The molecule has 0 aliphatic carbocycles. The van der Waals surface area contributed by atoms with Crippen LogP contribution in [0.4, 0.5) is 0 Å². The zero-order valence-electron chi connectivity index (χ0n) is 15.8. The van der Waals surface area contributed by atoms with Gasteiger partial charge in [-0.15, -0.1) is 0 Å². The fraction of sp³-hybridized carbons (Fsp3) is 0.174. The van der Waals surface area contributed by atoms with Crippen LogP contribution < -0.4 is 0 Å². The maximum Gasteiger partial charge on any atom is 0.257 e. The first-order chi connectivity index (χ1) is 13.4. The maximum absolute atomic E-state index is 13.2. The van der Waals surface area contributed by atoms with Crippen LogP contribution in [0, 0.1) is 0 Å². The Morgan fingerprint density at radius 1 is 1.07 bits per heavy atom. The average Bonchev–Trinajstić information content (AvgIpc) is 2.85. The maximum atomic E-state index is 13.2. The van der Waals surface area contributed by atoms with Gasteiger partial charge in [-0.3, -0.25) is 4.79 Å². The molecule has 2 aliphatic heterocycles. The zero-order valence-corrected chi connectivity index (χ0v) is 17.9. The Morgan fingerprint density at radius 3 is 2.57 bits per heavy atom. The highest BCUT2D eigenvalue weighted by Crippen LogP contribution is 2.27. The van der Waals surface area contributed by atoms with Crippen LogP contribution in [0.15, 0.2) is 86.5 Å². The van der Waals surface area contributed by atoms with Crippen molar-refractivity contribution in [3.63, 3.8) is 0 Å². The van der Waals surface area contributed by atoms with Gasteiger partial charge in [0.05, 0.1) is 5.41 Å². The van der Waals surface area contributed by atoms with Crippen molar-refractivity contribution in [2.45, 2.75) is 25.8 Å². The van der Waals surface area contributed by atoms with Crippen LogP contribution in [-0.2, 0) is 16.8 Å². The summed E-state index contributed by atoms with van der Waals surface area (Å²) in [4.78, 5) is 24.5. The van der Waals surface area contributed by atoms with Crippen molar-refractivity contribution in [1.82, 2.24) is 4.90 Å². The van der Waals surface area contributed by atoms with Crippen molar-refractivity contribution >= 4 is 40.2 Å². The molecule has 2 heterocycles. The van der Waals surface area contributed by atoms with Gasteiger partial charge in [-0.25, -0.2) is 4.99 Å². The van der Waals surface area contributed by atoms with Crippen LogP contribution in [0.3, 0.4) is 0 Å². The molecule has 5 heteroatoms. The lowest BCUT2D eigenvalue weighted by molar-refractivity contribution is -0.122. The first-order valence-corrected chi connectivity index (χ1v) is 10.2. The Hall–Kier alpha value is -2.54. The molecule has 0 atom stereocenters. The third-order valence-corrected chi connectivity index (χ3v) is 5.66. The molecule has 0 fully saturated rings. The number of fused-ring (bicyclic) bond motifs is 2. The summed E-state index contributed by atoms with van der Waals surface area (Å²) in [5, 5.41) is 0. The van der Waals surface area contributed by atoms with Gasteiger partial charge in [-0.1, -0.05) is 54.6 Å². The molecule has 0 spiro atoms. The molecule has 0 saturated carbocycles. The lowest BCUT2D eigenvalue weighted by Gasteiger charge is -2.21. The number of amidine groups is 2. The molecular weight excluding hydrogens is 461 g/mol. The molecule has 2 aliphatic rings. The number of carbonyl (C=O) groups excluding carboxylic acids is 1. The molecule has 2 aromatic rings. The second-order valence-electron chi connectivity index (χ2n) is 7.33. The van der Waals surface area contributed by atoms with Crippen molar-refractivity contribution in [3.8, 4) is 0 Å². The molecular formula is C23H20IN3O. The second-order valence-corrected chi connectivity index (χ2v) is 8.58. The van der Waals surface area contributed by atoms with E-state index in [9.17, 15) is 4.79 Å². The first-order valence-electron chi connectivity index (χ1n) is 9.13. The summed E-state index contributed by atoms with van der Waals surface area (Å²) in [6.07, 6.45) is 6.05. The molecule has 0 unspecified atom stereocenters. The molecule has 0 radical (unpaired) electrons. The Balaban J connectivity index is 1.80. The van der Waals surface area contributed by atoms with E-state index in [1.807, 2.05) is 74.5 Å². The van der Waals surface area contributed by atoms with E-state index in [-0.39, 0.29) is 5.91 Å². The lowest BCUT2D eigenvalue weighted by atomic mass is 9.84. The highest BCUT2D eigenvalue weighted by atomic mass is 127. The Kier molecular flexibility index (Phi) is 5.02. The summed E-state index contributed by atoms with van der Waals surface area (Å²) < 4.78 is 1.13. The summed E-state index contributed by atoms with van der Waals surface area (Å²) in [5.74, 6) is 1.06. The summed E-state index contributed by atoms with van der Waals surface area (Å²) in [5.41, 5.74) is 2.21. The number of carbonyl (C=O) groups is 1. The summed E-state index contributed by atoms with van der Waals surface area (Å²) in [7, 11) is 0. The number of hydrogen-bond acceptors (Lipinski definition) is 2. The fourth-order valence-corrected chi connectivity index (χ4v) is 3.78. The van der Waals surface area contributed by atoms with Crippen LogP contribution in [0.1, 0.15) is 30.5 Å². The summed E-state index contributed by atoms with van der Waals surface area (Å²) >= 11 is 2.29. The number of benzene rings is 2. The van der Waals surface area contributed by atoms with Crippen molar-refractivity contribution in [2.75, 3.05) is 0 Å². The smallest absolute Gasteiger partial charge is 0.257 e. The van der Waals surface area contributed by atoms with Crippen molar-refractivity contribution in [2.24, 2.45) is 9.98 Å². The van der Waals surface area contributed by atoms with Crippen molar-refractivity contribution < 1.29 is 4.79 Å². The van der Waals surface area contributed by atoms with Crippen LogP contribution in [0.5, 0.6) is 0 Å². The Labute approximate surface area is 178 Å². The minimum atomic E-state index is -0.729. The van der Waals surface area contributed by atoms with Crippen molar-refractivity contribution in [3.05, 3.63) is 93.2 Å². The van der Waals surface area contributed by atoms with Crippen LogP contribution >= 0.6 is 22.6 Å². The number of allylic oxidation sites excluding steroid dienone is 2. The molecule has 1 amide bonds. The van der Waals surface area contributed by atoms with Gasteiger partial charge in [-0.05, 0) is 59.7 Å². The normalized spacial score (nSPS) is 17.4. The van der Waals surface area contributed by atoms with E-state index < -0.39 is 5.41 Å². The van der Waals surface area contributed by atoms with Gasteiger partial charge >= 0.3 is 0 Å². The van der Waals surface area contributed by atoms with Gasteiger partial charge in [0.1, 0.15) is 5.84 Å². The van der Waals surface area contributed by atoms with Crippen LogP contribution in [-0.4, -0.2) is 22.5 Å². The minimum absolute atomic E-state index is 0.203. The van der Waals surface area contributed by atoms with E-state index in [1.165, 1.54) is 0 Å². The van der Waals surface area contributed by atoms with Crippen LogP contribution in [0.2, 0.25) is 0 Å². The van der Waals surface area contributed by atoms with Gasteiger partial charge in [0.2, 0.25) is 0 Å². The highest BCUT2D eigenvalue weighted by molar-refractivity contribution is 14.1.